The summed E-state index contributed by atoms with van der Waals surface area (Å²) in [4.78, 5) is 39.0. The number of barbiturate groups is 1. The van der Waals surface area contributed by atoms with Crippen molar-refractivity contribution < 1.29 is 18.8 Å². The predicted octanol–water partition coefficient (Wildman–Crippen LogP) is 5.35. The highest BCUT2D eigenvalue weighted by Crippen LogP contribution is 2.28. The van der Waals surface area contributed by atoms with Gasteiger partial charge in [0.15, 0.2) is 0 Å². The van der Waals surface area contributed by atoms with Gasteiger partial charge in [-0.1, -0.05) is 54.1 Å². The highest BCUT2D eigenvalue weighted by atomic mass is 35.5. The molecule has 3 aromatic carbocycles. The molecule has 0 bridgehead atoms. The molecule has 0 aliphatic carbocycles. The molecule has 4 rings (SSSR count). The maximum Gasteiger partial charge on any atom is 0.335 e. The molecule has 1 aliphatic rings. The van der Waals surface area contributed by atoms with E-state index in [1.165, 1.54) is 12.1 Å². The second-order valence-electron chi connectivity index (χ2n) is 7.87. The molecule has 33 heavy (non-hydrogen) atoms. The molecule has 0 saturated carbocycles. The number of rotatable bonds is 4. The first kappa shape index (κ1) is 22.4. The SMILES string of the molecule is Cc1ccc(C)c(N2C(=O)NC(=O)/C(=C\c3ccc(Cc4ccccc4F)c(Cl)c3)C2=O)c1. The van der Waals surface area contributed by atoms with Crippen LogP contribution in [0.15, 0.2) is 66.2 Å². The van der Waals surface area contributed by atoms with Crippen LogP contribution in [0.1, 0.15) is 27.8 Å². The Morgan fingerprint density at radius 3 is 2.45 bits per heavy atom. The van der Waals surface area contributed by atoms with Gasteiger partial charge in [-0.05, 0) is 65.9 Å². The Morgan fingerprint density at radius 1 is 0.970 bits per heavy atom. The van der Waals surface area contributed by atoms with E-state index in [-0.39, 0.29) is 11.4 Å². The number of halogens is 2. The molecule has 1 N–H and O–H groups in total. The van der Waals surface area contributed by atoms with Gasteiger partial charge in [-0.25, -0.2) is 14.1 Å². The maximum absolute atomic E-state index is 14.0. The highest BCUT2D eigenvalue weighted by Gasteiger charge is 2.37. The first-order valence-corrected chi connectivity index (χ1v) is 10.6. The van der Waals surface area contributed by atoms with Crippen molar-refractivity contribution in [3.8, 4) is 0 Å². The van der Waals surface area contributed by atoms with Crippen LogP contribution in [0.3, 0.4) is 0 Å². The number of imide groups is 2. The topological polar surface area (TPSA) is 66.5 Å². The van der Waals surface area contributed by atoms with E-state index in [2.05, 4.69) is 5.32 Å². The summed E-state index contributed by atoms with van der Waals surface area (Å²) in [5.74, 6) is -1.82. The molecule has 0 unspecified atom stereocenters. The van der Waals surface area contributed by atoms with E-state index < -0.39 is 17.8 Å². The summed E-state index contributed by atoms with van der Waals surface area (Å²) in [6.45, 7) is 3.63. The van der Waals surface area contributed by atoms with E-state index in [9.17, 15) is 18.8 Å². The summed E-state index contributed by atoms with van der Waals surface area (Å²) in [7, 11) is 0. The third kappa shape index (κ3) is 4.56. The summed E-state index contributed by atoms with van der Waals surface area (Å²) in [6, 6.07) is 16.1. The van der Waals surface area contributed by atoms with Crippen molar-refractivity contribution >= 4 is 41.2 Å². The predicted molar refractivity (Wildman–Crippen MR) is 126 cm³/mol. The average molecular weight is 463 g/mol. The van der Waals surface area contributed by atoms with Crippen molar-refractivity contribution in [1.29, 1.82) is 0 Å². The third-order valence-corrected chi connectivity index (χ3v) is 5.79. The van der Waals surface area contributed by atoms with E-state index >= 15 is 0 Å². The monoisotopic (exact) mass is 462 g/mol. The second kappa shape index (κ2) is 9.00. The van der Waals surface area contributed by atoms with Crippen LogP contribution in [-0.4, -0.2) is 17.8 Å². The number of aryl methyl sites for hydroxylation is 2. The van der Waals surface area contributed by atoms with Gasteiger partial charge in [-0.15, -0.1) is 0 Å². The molecule has 3 aromatic rings. The van der Waals surface area contributed by atoms with Crippen LogP contribution in [0.25, 0.3) is 6.08 Å². The number of hydrogen-bond donors (Lipinski definition) is 1. The lowest BCUT2D eigenvalue weighted by molar-refractivity contribution is -0.122. The van der Waals surface area contributed by atoms with Crippen LogP contribution in [0.4, 0.5) is 14.9 Å². The Hall–Kier alpha value is -3.77. The quantitative estimate of drug-likeness (QED) is 0.419. The van der Waals surface area contributed by atoms with Gasteiger partial charge in [0.2, 0.25) is 0 Å². The normalized spacial score (nSPS) is 15.2. The Kier molecular flexibility index (Phi) is 6.11. The number of carbonyl (C=O) groups is 3. The summed E-state index contributed by atoms with van der Waals surface area (Å²) in [5, 5.41) is 2.60. The number of nitrogens with zero attached hydrogens (tertiary/aromatic N) is 1. The fourth-order valence-corrected chi connectivity index (χ4v) is 3.90. The standard InChI is InChI=1S/C26H20ClFN2O3/c1-15-7-8-16(2)23(11-15)30-25(32)20(24(31)29-26(30)33)12-17-9-10-18(21(27)13-17)14-19-5-3-4-6-22(19)28/h3-13H,14H2,1-2H3,(H,29,31,33)/b20-12+. The Morgan fingerprint density at radius 2 is 1.73 bits per heavy atom. The molecule has 0 radical (unpaired) electrons. The average Bonchev–Trinajstić information content (AvgIpc) is 2.76. The van der Waals surface area contributed by atoms with E-state index in [4.69, 9.17) is 11.6 Å². The van der Waals surface area contributed by atoms with Crippen molar-refractivity contribution in [3.63, 3.8) is 0 Å². The Labute approximate surface area is 195 Å². The minimum absolute atomic E-state index is 0.187. The molecule has 5 nitrogen and oxygen atoms in total. The Balaban J connectivity index is 1.66. The molecule has 1 saturated heterocycles. The molecule has 0 spiro atoms. The number of nitrogens with one attached hydrogen (secondary N) is 1. The summed E-state index contributed by atoms with van der Waals surface area (Å²) in [6.07, 6.45) is 1.69. The molecular weight excluding hydrogens is 443 g/mol. The lowest BCUT2D eigenvalue weighted by atomic mass is 10.0. The lowest BCUT2D eigenvalue weighted by Crippen LogP contribution is -2.54. The van der Waals surface area contributed by atoms with Crippen molar-refractivity contribution in [2.24, 2.45) is 0 Å². The molecule has 1 aliphatic heterocycles. The van der Waals surface area contributed by atoms with Crippen molar-refractivity contribution in [2.45, 2.75) is 20.3 Å². The minimum atomic E-state index is -0.797. The van der Waals surface area contributed by atoms with Crippen LogP contribution >= 0.6 is 11.6 Å². The number of hydrogen-bond acceptors (Lipinski definition) is 3. The van der Waals surface area contributed by atoms with Gasteiger partial charge in [-0.2, -0.15) is 0 Å². The molecule has 1 heterocycles. The highest BCUT2D eigenvalue weighted by molar-refractivity contribution is 6.39. The maximum atomic E-state index is 14.0. The van der Waals surface area contributed by atoms with Crippen molar-refractivity contribution in [2.75, 3.05) is 4.90 Å². The van der Waals surface area contributed by atoms with Crippen LogP contribution in [0.2, 0.25) is 5.02 Å². The number of amides is 4. The van der Waals surface area contributed by atoms with Crippen LogP contribution in [0, 0.1) is 19.7 Å². The molecule has 166 valence electrons. The Bertz CT molecular complexity index is 1330. The van der Waals surface area contributed by atoms with Crippen molar-refractivity contribution in [3.05, 3.63) is 105 Å². The summed E-state index contributed by atoms with van der Waals surface area (Å²) >= 11 is 6.41. The fraction of sp³-hybridized carbons (Fsp3) is 0.115. The zero-order chi connectivity index (χ0) is 23.7. The number of carbonyl (C=O) groups excluding carboxylic acids is 3. The first-order chi connectivity index (χ1) is 15.7. The fourth-order valence-electron chi connectivity index (χ4n) is 3.65. The van der Waals surface area contributed by atoms with Crippen molar-refractivity contribution in [1.82, 2.24) is 5.32 Å². The minimum Gasteiger partial charge on any atom is -0.273 e. The van der Waals surface area contributed by atoms with Crippen LogP contribution < -0.4 is 10.2 Å². The lowest BCUT2D eigenvalue weighted by Gasteiger charge is -2.27. The van der Waals surface area contributed by atoms with E-state index in [0.29, 0.717) is 33.8 Å². The zero-order valence-electron chi connectivity index (χ0n) is 18.0. The van der Waals surface area contributed by atoms with Crippen LogP contribution in [0.5, 0.6) is 0 Å². The molecule has 0 aromatic heterocycles. The number of anilines is 1. The van der Waals surface area contributed by atoms with Gasteiger partial charge < -0.3 is 0 Å². The van der Waals surface area contributed by atoms with E-state index in [1.807, 2.05) is 13.0 Å². The largest absolute Gasteiger partial charge is 0.335 e. The molecular formula is C26H20ClFN2O3. The second-order valence-corrected chi connectivity index (χ2v) is 8.27. The van der Waals surface area contributed by atoms with Gasteiger partial charge in [0.05, 0.1) is 5.69 Å². The molecule has 1 fully saturated rings. The van der Waals surface area contributed by atoms with Crippen LogP contribution in [-0.2, 0) is 16.0 Å². The third-order valence-electron chi connectivity index (χ3n) is 5.43. The zero-order valence-corrected chi connectivity index (χ0v) is 18.7. The summed E-state index contributed by atoms with van der Waals surface area (Å²) < 4.78 is 14.0. The molecule has 0 atom stereocenters. The van der Waals surface area contributed by atoms with E-state index in [1.54, 1.807) is 55.5 Å². The van der Waals surface area contributed by atoms with Gasteiger partial charge in [0.25, 0.3) is 11.8 Å². The van der Waals surface area contributed by atoms with Gasteiger partial charge >= 0.3 is 6.03 Å². The van der Waals surface area contributed by atoms with Gasteiger partial charge in [0.1, 0.15) is 11.4 Å². The smallest absolute Gasteiger partial charge is 0.273 e. The van der Waals surface area contributed by atoms with E-state index in [0.717, 1.165) is 16.0 Å². The number of benzene rings is 3. The summed E-state index contributed by atoms with van der Waals surface area (Å²) in [5.41, 5.74) is 3.54. The molecule has 7 heteroatoms. The van der Waals surface area contributed by atoms with Gasteiger partial charge in [0, 0.05) is 11.4 Å². The molecule has 4 amide bonds. The number of urea groups is 1. The first-order valence-electron chi connectivity index (χ1n) is 10.2. The van der Waals surface area contributed by atoms with Gasteiger partial charge in [-0.3, -0.25) is 14.9 Å².